The highest BCUT2D eigenvalue weighted by Crippen LogP contribution is 2.27. The Hall–Kier alpha value is -0.220. The Morgan fingerprint density at radius 3 is 2.42 bits per heavy atom. The van der Waals surface area contributed by atoms with Crippen molar-refractivity contribution in [3.05, 3.63) is 0 Å². The Balaban J connectivity index is 1.57. The molecule has 0 aliphatic carbocycles. The maximum Gasteiger partial charge on any atom is 0.272 e. The second kappa shape index (κ2) is 2.92. The first kappa shape index (κ1) is 8.38. The van der Waals surface area contributed by atoms with Gasteiger partial charge in [-0.25, -0.2) is 8.78 Å². The number of hydrogen-bond donors (Lipinski definition) is 1. The molecule has 0 bridgehead atoms. The molecule has 0 saturated carbocycles. The molecule has 2 aliphatic rings. The van der Waals surface area contributed by atoms with Crippen LogP contribution in [0.5, 0.6) is 0 Å². The maximum atomic E-state index is 12.4. The highest BCUT2D eigenvalue weighted by molar-refractivity contribution is 4.87. The maximum absolute atomic E-state index is 12.4. The van der Waals surface area contributed by atoms with E-state index in [1.165, 1.54) is 0 Å². The standard InChI is InChI=1S/C8H14F2N2/c9-8(10)5-12(6-8)2-1-7-3-11-4-7/h7,11H,1-6H2. The lowest BCUT2D eigenvalue weighted by molar-refractivity contribution is -0.131. The topological polar surface area (TPSA) is 15.3 Å². The van der Waals surface area contributed by atoms with Crippen LogP contribution in [-0.4, -0.2) is 43.5 Å². The van der Waals surface area contributed by atoms with Crippen molar-refractivity contribution in [3.63, 3.8) is 0 Å². The van der Waals surface area contributed by atoms with E-state index in [1.54, 1.807) is 0 Å². The number of likely N-dealkylation sites (tertiary alicyclic amines) is 1. The number of nitrogens with one attached hydrogen (secondary N) is 1. The quantitative estimate of drug-likeness (QED) is 0.675. The van der Waals surface area contributed by atoms with Crippen LogP contribution in [0.1, 0.15) is 6.42 Å². The molecule has 2 saturated heterocycles. The first-order valence-corrected chi connectivity index (χ1v) is 4.47. The van der Waals surface area contributed by atoms with Gasteiger partial charge in [0.2, 0.25) is 0 Å². The van der Waals surface area contributed by atoms with Crippen molar-refractivity contribution in [1.29, 1.82) is 0 Å². The summed E-state index contributed by atoms with van der Waals surface area (Å²) in [7, 11) is 0. The molecule has 1 N–H and O–H groups in total. The van der Waals surface area contributed by atoms with Gasteiger partial charge in [-0.05, 0) is 32.0 Å². The minimum atomic E-state index is -2.39. The van der Waals surface area contributed by atoms with Crippen molar-refractivity contribution >= 4 is 0 Å². The van der Waals surface area contributed by atoms with Crippen LogP contribution in [0.25, 0.3) is 0 Å². The third-order valence-corrected chi connectivity index (χ3v) is 2.63. The summed E-state index contributed by atoms with van der Waals surface area (Å²) in [5.41, 5.74) is 0. The van der Waals surface area contributed by atoms with Gasteiger partial charge in [-0.2, -0.15) is 0 Å². The van der Waals surface area contributed by atoms with Gasteiger partial charge in [0.25, 0.3) is 5.92 Å². The molecule has 70 valence electrons. The van der Waals surface area contributed by atoms with Crippen LogP contribution in [0, 0.1) is 5.92 Å². The Kier molecular flexibility index (Phi) is 2.04. The summed E-state index contributed by atoms with van der Waals surface area (Å²) in [5, 5.41) is 3.17. The molecule has 0 radical (unpaired) electrons. The largest absolute Gasteiger partial charge is 0.316 e. The van der Waals surface area contributed by atoms with E-state index >= 15 is 0 Å². The van der Waals surface area contributed by atoms with Crippen LogP contribution in [0.15, 0.2) is 0 Å². The van der Waals surface area contributed by atoms with E-state index in [0.29, 0.717) is 0 Å². The average molecular weight is 176 g/mol. The predicted molar refractivity (Wildman–Crippen MR) is 42.4 cm³/mol. The molecule has 0 aromatic heterocycles. The first-order valence-electron chi connectivity index (χ1n) is 4.47. The molecule has 0 aromatic carbocycles. The summed E-state index contributed by atoms with van der Waals surface area (Å²) in [6.07, 6.45) is 1.07. The van der Waals surface area contributed by atoms with Crippen LogP contribution >= 0.6 is 0 Å². The monoisotopic (exact) mass is 176 g/mol. The van der Waals surface area contributed by atoms with Gasteiger partial charge in [0, 0.05) is 0 Å². The van der Waals surface area contributed by atoms with Gasteiger partial charge in [0.05, 0.1) is 13.1 Å². The molecular weight excluding hydrogens is 162 g/mol. The highest BCUT2D eigenvalue weighted by atomic mass is 19.3. The van der Waals surface area contributed by atoms with Crippen LogP contribution in [0.2, 0.25) is 0 Å². The summed E-state index contributed by atoms with van der Waals surface area (Å²) in [6.45, 7) is 2.96. The molecule has 0 unspecified atom stereocenters. The Labute approximate surface area is 70.9 Å². The summed E-state index contributed by atoms with van der Waals surface area (Å²) < 4.78 is 24.7. The minimum Gasteiger partial charge on any atom is -0.316 e. The van der Waals surface area contributed by atoms with Crippen LogP contribution in [0.4, 0.5) is 8.78 Å². The molecule has 2 fully saturated rings. The third-order valence-electron chi connectivity index (χ3n) is 2.63. The number of rotatable bonds is 3. The van der Waals surface area contributed by atoms with Gasteiger partial charge < -0.3 is 5.32 Å². The van der Waals surface area contributed by atoms with Crippen LogP contribution < -0.4 is 5.32 Å². The van der Waals surface area contributed by atoms with E-state index in [2.05, 4.69) is 5.32 Å². The second-order valence-corrected chi connectivity index (χ2v) is 3.88. The van der Waals surface area contributed by atoms with E-state index in [0.717, 1.165) is 32.0 Å². The van der Waals surface area contributed by atoms with Crippen molar-refractivity contribution in [3.8, 4) is 0 Å². The van der Waals surface area contributed by atoms with Gasteiger partial charge in [-0.1, -0.05) is 0 Å². The zero-order valence-electron chi connectivity index (χ0n) is 7.02. The van der Waals surface area contributed by atoms with Crippen LogP contribution in [0.3, 0.4) is 0 Å². The lowest BCUT2D eigenvalue weighted by atomic mass is 9.98. The summed E-state index contributed by atoms with van der Waals surface area (Å²) >= 11 is 0. The number of alkyl halides is 2. The Morgan fingerprint density at radius 2 is 2.00 bits per heavy atom. The summed E-state index contributed by atoms with van der Waals surface area (Å²) in [5.74, 6) is -1.66. The lowest BCUT2D eigenvalue weighted by Crippen LogP contribution is -2.57. The van der Waals surface area contributed by atoms with Crippen molar-refractivity contribution in [1.82, 2.24) is 10.2 Å². The van der Waals surface area contributed by atoms with Gasteiger partial charge in [-0.15, -0.1) is 0 Å². The Bertz CT molecular complexity index is 160. The smallest absolute Gasteiger partial charge is 0.272 e. The zero-order chi connectivity index (χ0) is 8.60. The zero-order valence-corrected chi connectivity index (χ0v) is 7.02. The molecule has 0 atom stereocenters. The normalized spacial score (nSPS) is 29.5. The van der Waals surface area contributed by atoms with Crippen molar-refractivity contribution < 1.29 is 8.78 Å². The first-order chi connectivity index (χ1) is 5.66. The van der Waals surface area contributed by atoms with Crippen molar-refractivity contribution in [2.75, 3.05) is 32.7 Å². The third kappa shape index (κ3) is 1.75. The van der Waals surface area contributed by atoms with Crippen molar-refractivity contribution in [2.24, 2.45) is 5.92 Å². The minimum absolute atomic E-state index is 0.0207. The molecule has 2 nitrogen and oxygen atoms in total. The average Bonchev–Trinajstić information content (AvgIpc) is 1.79. The molecule has 0 spiro atoms. The fourth-order valence-electron chi connectivity index (χ4n) is 1.68. The molecular formula is C8H14F2N2. The number of halogens is 2. The molecule has 12 heavy (non-hydrogen) atoms. The summed E-state index contributed by atoms with van der Waals surface area (Å²) in [6, 6.07) is 0. The highest BCUT2D eigenvalue weighted by Gasteiger charge is 2.43. The van der Waals surface area contributed by atoms with Gasteiger partial charge in [-0.3, -0.25) is 4.90 Å². The van der Waals surface area contributed by atoms with Gasteiger partial charge in [0.15, 0.2) is 0 Å². The van der Waals surface area contributed by atoms with E-state index in [-0.39, 0.29) is 13.1 Å². The molecule has 0 aromatic rings. The van der Waals surface area contributed by atoms with Gasteiger partial charge in [0.1, 0.15) is 0 Å². The molecule has 2 aliphatic heterocycles. The molecule has 4 heteroatoms. The molecule has 0 amide bonds. The fourth-order valence-corrected chi connectivity index (χ4v) is 1.68. The number of hydrogen-bond acceptors (Lipinski definition) is 2. The van der Waals surface area contributed by atoms with Crippen molar-refractivity contribution in [2.45, 2.75) is 12.3 Å². The van der Waals surface area contributed by atoms with Crippen LogP contribution in [-0.2, 0) is 0 Å². The summed E-state index contributed by atoms with van der Waals surface area (Å²) in [4.78, 5) is 1.83. The predicted octanol–water partition coefficient (Wildman–Crippen LogP) is 0.547. The Morgan fingerprint density at radius 1 is 1.33 bits per heavy atom. The molecule has 2 heterocycles. The number of nitrogens with zero attached hydrogens (tertiary/aromatic N) is 1. The van der Waals surface area contributed by atoms with E-state index in [4.69, 9.17) is 0 Å². The van der Waals surface area contributed by atoms with E-state index < -0.39 is 5.92 Å². The van der Waals surface area contributed by atoms with Gasteiger partial charge >= 0.3 is 0 Å². The second-order valence-electron chi connectivity index (χ2n) is 3.88. The van der Waals surface area contributed by atoms with E-state index in [1.807, 2.05) is 4.90 Å². The van der Waals surface area contributed by atoms with E-state index in [9.17, 15) is 8.78 Å². The molecule has 2 rings (SSSR count). The lowest BCUT2D eigenvalue weighted by Gasteiger charge is -2.40. The fraction of sp³-hybridized carbons (Fsp3) is 1.00. The SMILES string of the molecule is FC1(F)CN(CCC2CNC2)C1.